The SMILES string of the molecule is COC(=O)[C@H]1CN(C(=O)C23CC4CC5(C)CC(c6ccccc6)(C2)C53C4)CCN1. The topological polar surface area (TPSA) is 58.6 Å². The second kappa shape index (κ2) is 5.42. The van der Waals surface area contributed by atoms with E-state index in [1.807, 2.05) is 4.90 Å². The van der Waals surface area contributed by atoms with Crippen molar-refractivity contribution in [2.24, 2.45) is 22.2 Å². The second-order valence-electron chi connectivity index (χ2n) is 10.6. The zero-order valence-electron chi connectivity index (χ0n) is 17.4. The molecule has 0 aromatic heterocycles. The first-order valence-electron chi connectivity index (χ1n) is 11.1. The number of fused-ring (bicyclic) bond motifs is 1. The molecule has 1 aromatic carbocycles. The summed E-state index contributed by atoms with van der Waals surface area (Å²) in [7, 11) is 1.41. The van der Waals surface area contributed by atoms with Gasteiger partial charge in [-0.1, -0.05) is 37.3 Å². The highest BCUT2D eigenvalue weighted by molar-refractivity contribution is 5.89. The number of carbonyl (C=O) groups excluding carboxylic acids is 2. The van der Waals surface area contributed by atoms with Gasteiger partial charge in [0.15, 0.2) is 0 Å². The highest BCUT2D eigenvalue weighted by Gasteiger charge is 2.93. The van der Waals surface area contributed by atoms with Gasteiger partial charge < -0.3 is 15.0 Å². The van der Waals surface area contributed by atoms with E-state index in [-0.39, 0.29) is 27.6 Å². The Morgan fingerprint density at radius 2 is 1.93 bits per heavy atom. The molecule has 1 aliphatic heterocycles. The average molecular weight is 395 g/mol. The Balaban J connectivity index is 1.36. The summed E-state index contributed by atoms with van der Waals surface area (Å²) in [6.45, 7) is 4.22. The number of hydrogen-bond donors (Lipinski definition) is 1. The zero-order chi connectivity index (χ0) is 20.1. The van der Waals surface area contributed by atoms with Crippen molar-refractivity contribution in [2.45, 2.75) is 50.5 Å². The molecule has 5 aliphatic rings. The summed E-state index contributed by atoms with van der Waals surface area (Å²) in [6, 6.07) is 10.6. The molecule has 1 aromatic rings. The second-order valence-corrected chi connectivity index (χ2v) is 10.6. The van der Waals surface area contributed by atoms with Crippen molar-refractivity contribution in [1.82, 2.24) is 10.2 Å². The molecule has 2 bridgehead atoms. The van der Waals surface area contributed by atoms with Gasteiger partial charge in [-0.3, -0.25) is 9.59 Å². The molecule has 29 heavy (non-hydrogen) atoms. The summed E-state index contributed by atoms with van der Waals surface area (Å²) < 4.78 is 4.93. The Kier molecular flexibility index (Phi) is 3.35. The number of benzene rings is 1. The molecular weight excluding hydrogens is 364 g/mol. The molecular formula is C24H30N2O3. The van der Waals surface area contributed by atoms with Crippen LogP contribution in [0.3, 0.4) is 0 Å². The predicted octanol–water partition coefficient (Wildman–Crippen LogP) is 2.50. The molecule has 1 heterocycles. The summed E-state index contributed by atoms with van der Waals surface area (Å²) in [6.07, 6.45) is 5.74. The van der Waals surface area contributed by atoms with Crippen LogP contribution in [0.4, 0.5) is 0 Å². The molecule has 5 fully saturated rings. The molecule has 6 rings (SSSR count). The van der Waals surface area contributed by atoms with Gasteiger partial charge in [-0.2, -0.15) is 0 Å². The van der Waals surface area contributed by atoms with E-state index in [1.54, 1.807) is 0 Å². The van der Waals surface area contributed by atoms with Crippen molar-refractivity contribution >= 4 is 11.9 Å². The monoisotopic (exact) mass is 394 g/mol. The van der Waals surface area contributed by atoms with E-state index in [2.05, 4.69) is 42.6 Å². The van der Waals surface area contributed by atoms with Gasteiger partial charge in [0.25, 0.3) is 0 Å². The Morgan fingerprint density at radius 1 is 1.14 bits per heavy atom. The molecule has 1 spiro atoms. The molecule has 4 aliphatic carbocycles. The van der Waals surface area contributed by atoms with Gasteiger partial charge in [-0.15, -0.1) is 0 Å². The number of carbonyl (C=O) groups is 2. The first-order valence-corrected chi connectivity index (χ1v) is 11.1. The smallest absolute Gasteiger partial charge is 0.324 e. The van der Waals surface area contributed by atoms with E-state index < -0.39 is 6.04 Å². The van der Waals surface area contributed by atoms with Crippen molar-refractivity contribution in [3.8, 4) is 0 Å². The highest BCUT2D eigenvalue weighted by Crippen LogP contribution is 2.95. The molecule has 1 saturated heterocycles. The fourth-order valence-corrected chi connectivity index (χ4v) is 9.25. The van der Waals surface area contributed by atoms with Crippen LogP contribution in [0, 0.1) is 22.2 Å². The lowest BCUT2D eigenvalue weighted by Gasteiger charge is -2.83. The number of amides is 1. The van der Waals surface area contributed by atoms with Crippen molar-refractivity contribution in [3.63, 3.8) is 0 Å². The van der Waals surface area contributed by atoms with Crippen molar-refractivity contribution in [2.75, 3.05) is 26.7 Å². The summed E-state index contributed by atoms with van der Waals surface area (Å²) in [5, 5.41) is 3.21. The maximum atomic E-state index is 14.1. The normalized spacial score (nSPS) is 46.5. The van der Waals surface area contributed by atoms with Crippen LogP contribution in [-0.4, -0.2) is 49.6 Å². The Morgan fingerprint density at radius 3 is 2.66 bits per heavy atom. The van der Waals surface area contributed by atoms with E-state index >= 15 is 0 Å². The summed E-state index contributed by atoms with van der Waals surface area (Å²) >= 11 is 0. The van der Waals surface area contributed by atoms with Gasteiger partial charge in [0.2, 0.25) is 5.91 Å². The van der Waals surface area contributed by atoms with E-state index in [0.29, 0.717) is 31.5 Å². The quantitative estimate of drug-likeness (QED) is 0.801. The van der Waals surface area contributed by atoms with Crippen LogP contribution in [0.1, 0.15) is 44.6 Å². The van der Waals surface area contributed by atoms with E-state index in [4.69, 9.17) is 4.74 Å². The molecule has 6 atom stereocenters. The minimum atomic E-state index is -0.406. The first kappa shape index (κ1) is 17.9. The van der Waals surface area contributed by atoms with Gasteiger partial charge in [0.05, 0.1) is 12.5 Å². The number of methoxy groups -OCH3 is 1. The number of rotatable bonds is 3. The van der Waals surface area contributed by atoms with Crippen molar-refractivity contribution in [1.29, 1.82) is 0 Å². The maximum Gasteiger partial charge on any atom is 0.324 e. The third-order valence-electron chi connectivity index (χ3n) is 9.61. The van der Waals surface area contributed by atoms with Gasteiger partial charge >= 0.3 is 5.97 Å². The highest BCUT2D eigenvalue weighted by atomic mass is 16.5. The minimum Gasteiger partial charge on any atom is -0.468 e. The van der Waals surface area contributed by atoms with Gasteiger partial charge in [-0.05, 0) is 49.0 Å². The summed E-state index contributed by atoms with van der Waals surface area (Å²) in [5.41, 5.74) is 1.80. The number of nitrogens with zero attached hydrogens (tertiary/aromatic N) is 1. The zero-order valence-corrected chi connectivity index (χ0v) is 17.4. The van der Waals surface area contributed by atoms with Gasteiger partial charge in [0.1, 0.15) is 6.04 Å². The number of nitrogens with one attached hydrogen (secondary N) is 1. The van der Waals surface area contributed by atoms with Crippen LogP contribution in [-0.2, 0) is 19.7 Å². The Bertz CT molecular complexity index is 903. The standard InChI is InChI=1S/C24H30N2O3/c1-21-10-16-11-22(20(28)26-9-8-25-18(13-26)19(27)29-2)15-23(14-21,24(21,22)12-16)17-6-4-3-5-7-17/h3-7,16,18,25H,8-15H2,1-2H3/t16?,18-,21?,22?,23?,24?/m1/s1. The molecule has 154 valence electrons. The number of hydrogen-bond acceptors (Lipinski definition) is 4. The van der Waals surface area contributed by atoms with E-state index in [9.17, 15) is 9.59 Å². The summed E-state index contributed by atoms with van der Waals surface area (Å²) in [4.78, 5) is 28.1. The van der Waals surface area contributed by atoms with Crippen LogP contribution in [0.5, 0.6) is 0 Å². The molecule has 5 unspecified atom stereocenters. The fraction of sp³-hybridized carbons (Fsp3) is 0.667. The van der Waals surface area contributed by atoms with E-state index in [0.717, 1.165) is 12.8 Å². The third-order valence-corrected chi connectivity index (χ3v) is 9.61. The van der Waals surface area contributed by atoms with Gasteiger partial charge in [-0.25, -0.2) is 0 Å². The Labute approximate surface area is 172 Å². The Hall–Kier alpha value is -1.88. The van der Waals surface area contributed by atoms with Gasteiger partial charge in [0, 0.05) is 30.5 Å². The molecule has 1 N–H and O–H groups in total. The molecule has 5 nitrogen and oxygen atoms in total. The largest absolute Gasteiger partial charge is 0.468 e. The van der Waals surface area contributed by atoms with Crippen LogP contribution in [0.25, 0.3) is 0 Å². The predicted molar refractivity (Wildman–Crippen MR) is 108 cm³/mol. The number of ether oxygens (including phenoxy) is 1. The lowest BCUT2D eigenvalue weighted by molar-refractivity contribution is -0.306. The minimum absolute atomic E-state index is 0.113. The summed E-state index contributed by atoms with van der Waals surface area (Å²) in [5.74, 6) is 0.718. The van der Waals surface area contributed by atoms with Crippen molar-refractivity contribution < 1.29 is 14.3 Å². The molecule has 0 radical (unpaired) electrons. The fourth-order valence-electron chi connectivity index (χ4n) is 9.25. The van der Waals surface area contributed by atoms with Crippen LogP contribution >= 0.6 is 0 Å². The number of esters is 1. The average Bonchev–Trinajstić information content (AvgIpc) is 3.19. The lowest BCUT2D eigenvalue weighted by Crippen LogP contribution is -2.83. The van der Waals surface area contributed by atoms with Crippen LogP contribution < -0.4 is 5.32 Å². The third kappa shape index (κ3) is 1.79. The first-order chi connectivity index (χ1) is 13.9. The molecule has 4 saturated carbocycles. The molecule has 5 heteroatoms. The van der Waals surface area contributed by atoms with E-state index in [1.165, 1.54) is 31.9 Å². The lowest BCUT2D eigenvalue weighted by atomic mass is 9.19. The molecule has 1 amide bonds. The number of piperazine rings is 1. The van der Waals surface area contributed by atoms with Crippen LogP contribution in [0.15, 0.2) is 30.3 Å². The van der Waals surface area contributed by atoms with Crippen molar-refractivity contribution in [3.05, 3.63) is 35.9 Å². The van der Waals surface area contributed by atoms with Crippen LogP contribution in [0.2, 0.25) is 0 Å². The maximum absolute atomic E-state index is 14.1.